The normalized spacial score (nSPS) is 13.1. The van der Waals surface area contributed by atoms with Crippen molar-refractivity contribution >= 4 is 0 Å². The van der Waals surface area contributed by atoms with E-state index in [4.69, 9.17) is 5.73 Å². The quantitative estimate of drug-likeness (QED) is 0.773. The Balaban J connectivity index is 2.39. The molecule has 0 aliphatic carbocycles. The van der Waals surface area contributed by atoms with Gasteiger partial charge in [-0.2, -0.15) is 0 Å². The van der Waals surface area contributed by atoms with E-state index in [-0.39, 0.29) is 6.04 Å². The van der Waals surface area contributed by atoms with Crippen molar-refractivity contribution in [2.24, 2.45) is 5.73 Å². The molecular weight excluding hydrogens is 186 g/mol. The lowest BCUT2D eigenvalue weighted by atomic mass is 10.1. The lowest BCUT2D eigenvalue weighted by molar-refractivity contribution is 0.290. The second-order valence-corrected chi connectivity index (χ2v) is 3.68. The minimum atomic E-state index is 0.0619. The molecule has 1 heterocycles. The molecule has 0 aromatic carbocycles. The Morgan fingerprint density at radius 2 is 2.07 bits per heavy atom. The maximum Gasteiger partial charge on any atom is 0.0571 e. The number of hydrogen-bond donors (Lipinski definition) is 1. The highest BCUT2D eigenvalue weighted by Crippen LogP contribution is 2.10. The highest BCUT2D eigenvalue weighted by Gasteiger charge is 2.08. The van der Waals surface area contributed by atoms with Crippen molar-refractivity contribution in [2.45, 2.75) is 26.3 Å². The second-order valence-electron chi connectivity index (χ2n) is 3.68. The Morgan fingerprint density at radius 3 is 2.60 bits per heavy atom. The van der Waals surface area contributed by atoms with E-state index < -0.39 is 0 Å². The fourth-order valence-electron chi connectivity index (χ4n) is 1.60. The Kier molecular flexibility index (Phi) is 5.29. The first kappa shape index (κ1) is 12.1. The summed E-state index contributed by atoms with van der Waals surface area (Å²) in [7, 11) is 0. The molecule has 15 heavy (non-hydrogen) atoms. The minimum absolute atomic E-state index is 0.0619. The summed E-state index contributed by atoms with van der Waals surface area (Å²) in [5, 5.41) is 0. The van der Waals surface area contributed by atoms with E-state index in [0.717, 1.165) is 31.7 Å². The average Bonchev–Trinajstić information content (AvgIpc) is 2.31. The smallest absolute Gasteiger partial charge is 0.0571 e. The van der Waals surface area contributed by atoms with Crippen molar-refractivity contribution in [3.8, 4) is 0 Å². The minimum Gasteiger partial charge on any atom is -0.323 e. The van der Waals surface area contributed by atoms with E-state index in [9.17, 15) is 0 Å². The van der Waals surface area contributed by atoms with Crippen LogP contribution in [-0.4, -0.2) is 29.5 Å². The predicted octanol–water partition coefficient (Wildman–Crippen LogP) is 1.81. The van der Waals surface area contributed by atoms with Gasteiger partial charge in [-0.25, -0.2) is 0 Å². The van der Waals surface area contributed by atoms with Crippen LogP contribution in [0.4, 0.5) is 0 Å². The van der Waals surface area contributed by atoms with Crippen molar-refractivity contribution in [3.63, 3.8) is 0 Å². The number of hydrogen-bond acceptors (Lipinski definition) is 3. The molecule has 3 nitrogen and oxygen atoms in total. The second kappa shape index (κ2) is 6.53. The van der Waals surface area contributed by atoms with Gasteiger partial charge < -0.3 is 10.6 Å². The Morgan fingerprint density at radius 1 is 1.33 bits per heavy atom. The van der Waals surface area contributed by atoms with Crippen molar-refractivity contribution in [1.29, 1.82) is 0 Å². The zero-order chi connectivity index (χ0) is 11.1. The zero-order valence-electron chi connectivity index (χ0n) is 9.69. The van der Waals surface area contributed by atoms with E-state index in [1.165, 1.54) is 0 Å². The standard InChI is InChI=1S/C12H21N3/c1-3-15(4-2)10-8-11(13)12-7-5-6-9-14-12/h5-7,9,11H,3-4,8,10,13H2,1-2H3. The summed E-state index contributed by atoms with van der Waals surface area (Å²) >= 11 is 0. The summed E-state index contributed by atoms with van der Waals surface area (Å²) in [6.45, 7) is 7.58. The third-order valence-electron chi connectivity index (χ3n) is 2.72. The molecule has 0 fully saturated rings. The molecule has 0 saturated heterocycles. The molecule has 3 heteroatoms. The van der Waals surface area contributed by atoms with Gasteiger partial charge in [0.15, 0.2) is 0 Å². The van der Waals surface area contributed by atoms with Crippen LogP contribution in [0.15, 0.2) is 24.4 Å². The van der Waals surface area contributed by atoms with Crippen LogP contribution >= 0.6 is 0 Å². The molecule has 1 aromatic heterocycles. The number of pyridine rings is 1. The molecule has 1 aromatic rings. The number of nitrogens with zero attached hydrogens (tertiary/aromatic N) is 2. The molecule has 2 N–H and O–H groups in total. The van der Waals surface area contributed by atoms with Crippen LogP contribution in [0.25, 0.3) is 0 Å². The third kappa shape index (κ3) is 3.98. The van der Waals surface area contributed by atoms with Crippen molar-refractivity contribution in [1.82, 2.24) is 9.88 Å². The number of aromatic nitrogens is 1. The van der Waals surface area contributed by atoms with Crippen LogP contribution in [0.1, 0.15) is 32.0 Å². The van der Waals surface area contributed by atoms with Crippen molar-refractivity contribution < 1.29 is 0 Å². The van der Waals surface area contributed by atoms with Gasteiger partial charge in [-0.3, -0.25) is 4.98 Å². The fraction of sp³-hybridized carbons (Fsp3) is 0.583. The molecule has 84 valence electrons. The maximum absolute atomic E-state index is 6.06. The lowest BCUT2D eigenvalue weighted by Crippen LogP contribution is -2.27. The van der Waals surface area contributed by atoms with Gasteiger partial charge in [-0.1, -0.05) is 19.9 Å². The van der Waals surface area contributed by atoms with Crippen LogP contribution in [-0.2, 0) is 0 Å². The Hall–Kier alpha value is -0.930. The van der Waals surface area contributed by atoms with E-state index in [1.54, 1.807) is 6.20 Å². The van der Waals surface area contributed by atoms with Gasteiger partial charge in [-0.05, 0) is 38.2 Å². The average molecular weight is 207 g/mol. The van der Waals surface area contributed by atoms with Crippen LogP contribution in [0.5, 0.6) is 0 Å². The van der Waals surface area contributed by atoms with E-state index in [0.29, 0.717) is 0 Å². The molecular formula is C12H21N3. The van der Waals surface area contributed by atoms with Crippen molar-refractivity contribution in [3.05, 3.63) is 30.1 Å². The van der Waals surface area contributed by atoms with Crippen LogP contribution in [0, 0.1) is 0 Å². The predicted molar refractivity (Wildman–Crippen MR) is 63.6 cm³/mol. The van der Waals surface area contributed by atoms with Gasteiger partial charge in [0.2, 0.25) is 0 Å². The van der Waals surface area contributed by atoms with Crippen molar-refractivity contribution in [2.75, 3.05) is 19.6 Å². The molecule has 1 rings (SSSR count). The molecule has 0 bridgehead atoms. The van der Waals surface area contributed by atoms with E-state index in [1.807, 2.05) is 18.2 Å². The first-order valence-corrected chi connectivity index (χ1v) is 5.66. The Labute approximate surface area is 92.3 Å². The zero-order valence-corrected chi connectivity index (χ0v) is 9.69. The summed E-state index contributed by atoms with van der Waals surface area (Å²) < 4.78 is 0. The maximum atomic E-state index is 6.06. The first-order chi connectivity index (χ1) is 7.27. The molecule has 0 saturated carbocycles. The molecule has 0 spiro atoms. The number of rotatable bonds is 6. The third-order valence-corrected chi connectivity index (χ3v) is 2.72. The van der Waals surface area contributed by atoms with E-state index >= 15 is 0 Å². The molecule has 1 unspecified atom stereocenters. The SMILES string of the molecule is CCN(CC)CCC(N)c1ccccn1. The Bertz CT molecular complexity index is 257. The topological polar surface area (TPSA) is 42.1 Å². The van der Waals surface area contributed by atoms with Gasteiger partial charge >= 0.3 is 0 Å². The largest absolute Gasteiger partial charge is 0.323 e. The molecule has 0 aliphatic heterocycles. The number of nitrogens with two attached hydrogens (primary N) is 1. The monoisotopic (exact) mass is 207 g/mol. The molecule has 1 atom stereocenters. The summed E-state index contributed by atoms with van der Waals surface area (Å²) in [6, 6.07) is 5.96. The summed E-state index contributed by atoms with van der Waals surface area (Å²) in [5.41, 5.74) is 7.05. The van der Waals surface area contributed by atoms with Crippen LogP contribution in [0.2, 0.25) is 0 Å². The summed E-state index contributed by atoms with van der Waals surface area (Å²) in [5.74, 6) is 0. The first-order valence-electron chi connectivity index (χ1n) is 5.66. The highest BCUT2D eigenvalue weighted by molar-refractivity contribution is 5.07. The highest BCUT2D eigenvalue weighted by atomic mass is 15.1. The van der Waals surface area contributed by atoms with Crippen LogP contribution in [0.3, 0.4) is 0 Å². The van der Waals surface area contributed by atoms with Gasteiger partial charge in [-0.15, -0.1) is 0 Å². The van der Waals surface area contributed by atoms with Gasteiger partial charge in [0.25, 0.3) is 0 Å². The fourth-order valence-corrected chi connectivity index (χ4v) is 1.60. The lowest BCUT2D eigenvalue weighted by Gasteiger charge is -2.20. The van der Waals surface area contributed by atoms with Gasteiger partial charge in [0.1, 0.15) is 0 Å². The summed E-state index contributed by atoms with van der Waals surface area (Å²) in [4.78, 5) is 6.64. The van der Waals surface area contributed by atoms with Gasteiger partial charge in [0.05, 0.1) is 5.69 Å². The van der Waals surface area contributed by atoms with Crippen LogP contribution < -0.4 is 5.73 Å². The summed E-state index contributed by atoms with van der Waals surface area (Å²) in [6.07, 6.45) is 2.77. The molecule has 0 radical (unpaired) electrons. The van der Waals surface area contributed by atoms with Gasteiger partial charge in [0, 0.05) is 12.2 Å². The molecule has 0 aliphatic rings. The van der Waals surface area contributed by atoms with E-state index in [2.05, 4.69) is 23.7 Å². The molecule has 0 amide bonds.